The van der Waals surface area contributed by atoms with Crippen LogP contribution in [-0.4, -0.2) is 23.4 Å². The van der Waals surface area contributed by atoms with Crippen LogP contribution in [0.3, 0.4) is 0 Å². The van der Waals surface area contributed by atoms with Gasteiger partial charge in [0.25, 0.3) is 0 Å². The highest BCUT2D eigenvalue weighted by Crippen LogP contribution is 2.33. The highest BCUT2D eigenvalue weighted by Gasteiger charge is 2.34. The Kier molecular flexibility index (Phi) is 5.06. The van der Waals surface area contributed by atoms with Crippen LogP contribution in [-0.2, 0) is 4.79 Å². The van der Waals surface area contributed by atoms with E-state index >= 15 is 0 Å². The first-order valence-electron chi connectivity index (χ1n) is 7.36. The Labute approximate surface area is 126 Å². The molecule has 3 atom stereocenters. The van der Waals surface area contributed by atoms with E-state index in [1.165, 1.54) is 0 Å². The van der Waals surface area contributed by atoms with Crippen molar-refractivity contribution in [2.45, 2.75) is 45.2 Å². The minimum Gasteiger partial charge on any atom is -0.334 e. The van der Waals surface area contributed by atoms with E-state index in [1.54, 1.807) is 0 Å². The maximum absolute atomic E-state index is 12.6. The Morgan fingerprint density at radius 1 is 1.55 bits per heavy atom. The van der Waals surface area contributed by atoms with Crippen LogP contribution in [0, 0.1) is 5.92 Å². The number of carbonyl (C=O) groups excluding carboxylic acids is 1. The number of benzene rings is 1. The van der Waals surface area contributed by atoms with E-state index in [0.29, 0.717) is 5.02 Å². The third-order valence-electron chi connectivity index (χ3n) is 4.31. The summed E-state index contributed by atoms with van der Waals surface area (Å²) in [5.74, 6) is 0.282. The predicted octanol–water partition coefficient (Wildman–Crippen LogP) is 3.38. The fraction of sp³-hybridized carbons (Fsp3) is 0.562. The summed E-state index contributed by atoms with van der Waals surface area (Å²) in [7, 11) is 0. The normalized spacial score (nSPS) is 21.8. The summed E-state index contributed by atoms with van der Waals surface area (Å²) in [5, 5.41) is 0.716. The topological polar surface area (TPSA) is 46.3 Å². The summed E-state index contributed by atoms with van der Waals surface area (Å²) < 4.78 is 0. The molecule has 0 saturated carbocycles. The molecule has 0 aromatic heterocycles. The van der Waals surface area contributed by atoms with E-state index in [2.05, 4.69) is 6.92 Å². The Bertz CT molecular complexity index is 477. The molecular formula is C16H23ClN2O. The molecule has 0 aliphatic carbocycles. The molecule has 0 radical (unpaired) electrons. The molecule has 2 N–H and O–H groups in total. The van der Waals surface area contributed by atoms with Gasteiger partial charge in [-0.05, 0) is 36.5 Å². The maximum Gasteiger partial charge on any atom is 0.240 e. The van der Waals surface area contributed by atoms with E-state index < -0.39 is 6.04 Å². The van der Waals surface area contributed by atoms with Crippen LogP contribution in [0.25, 0.3) is 0 Å². The van der Waals surface area contributed by atoms with Gasteiger partial charge in [0.1, 0.15) is 0 Å². The third-order valence-corrected chi connectivity index (χ3v) is 4.55. The Balaban J connectivity index is 2.17. The molecule has 1 unspecified atom stereocenters. The summed E-state index contributed by atoms with van der Waals surface area (Å²) >= 11 is 6.06. The molecular weight excluding hydrogens is 272 g/mol. The summed E-state index contributed by atoms with van der Waals surface area (Å²) in [5.41, 5.74) is 7.21. The van der Waals surface area contributed by atoms with Crippen molar-refractivity contribution in [2.75, 3.05) is 6.54 Å². The van der Waals surface area contributed by atoms with Crippen molar-refractivity contribution in [3.05, 3.63) is 34.9 Å². The second-order valence-electron chi connectivity index (χ2n) is 5.66. The third kappa shape index (κ3) is 3.15. The van der Waals surface area contributed by atoms with Gasteiger partial charge >= 0.3 is 0 Å². The first-order chi connectivity index (χ1) is 9.54. The van der Waals surface area contributed by atoms with Crippen LogP contribution in [0.2, 0.25) is 5.02 Å². The lowest BCUT2D eigenvalue weighted by Gasteiger charge is -2.29. The average Bonchev–Trinajstić information content (AvgIpc) is 2.94. The number of carbonyl (C=O) groups is 1. The van der Waals surface area contributed by atoms with E-state index in [9.17, 15) is 4.79 Å². The SMILES string of the molecule is CC[C@H](C)[C@H](N)C(=O)N1CCCC1c1cccc(Cl)c1. The zero-order valence-corrected chi connectivity index (χ0v) is 12.9. The Morgan fingerprint density at radius 2 is 2.30 bits per heavy atom. The first kappa shape index (κ1) is 15.3. The number of rotatable bonds is 4. The van der Waals surface area contributed by atoms with Crippen molar-refractivity contribution in [3.8, 4) is 0 Å². The summed E-state index contributed by atoms with van der Waals surface area (Å²) in [6.07, 6.45) is 2.93. The molecule has 1 aromatic carbocycles. The highest BCUT2D eigenvalue weighted by atomic mass is 35.5. The zero-order valence-electron chi connectivity index (χ0n) is 12.2. The molecule has 1 saturated heterocycles. The van der Waals surface area contributed by atoms with Gasteiger partial charge in [-0.3, -0.25) is 4.79 Å². The Hall–Kier alpha value is -1.06. The van der Waals surface area contributed by atoms with E-state index in [4.69, 9.17) is 17.3 Å². The van der Waals surface area contributed by atoms with Crippen LogP contribution >= 0.6 is 11.6 Å². The van der Waals surface area contributed by atoms with Crippen LogP contribution < -0.4 is 5.73 Å². The minimum absolute atomic E-state index is 0.0711. The quantitative estimate of drug-likeness (QED) is 0.925. The fourth-order valence-corrected chi connectivity index (χ4v) is 2.98. The van der Waals surface area contributed by atoms with E-state index in [1.807, 2.05) is 36.1 Å². The van der Waals surface area contributed by atoms with Gasteiger partial charge in [-0.25, -0.2) is 0 Å². The molecule has 1 fully saturated rings. The summed E-state index contributed by atoms with van der Waals surface area (Å²) in [6, 6.07) is 7.50. The number of likely N-dealkylation sites (tertiary alicyclic amines) is 1. The molecule has 1 aliphatic rings. The second-order valence-corrected chi connectivity index (χ2v) is 6.09. The van der Waals surface area contributed by atoms with Crippen LogP contribution in [0.15, 0.2) is 24.3 Å². The second kappa shape index (κ2) is 6.59. The first-order valence-corrected chi connectivity index (χ1v) is 7.74. The van der Waals surface area contributed by atoms with Gasteiger partial charge < -0.3 is 10.6 Å². The summed E-state index contributed by atoms with van der Waals surface area (Å²) in [4.78, 5) is 14.5. The van der Waals surface area contributed by atoms with Gasteiger partial charge in [0.05, 0.1) is 12.1 Å². The Morgan fingerprint density at radius 3 is 2.95 bits per heavy atom. The van der Waals surface area contributed by atoms with Crippen LogP contribution in [0.5, 0.6) is 0 Å². The lowest BCUT2D eigenvalue weighted by atomic mass is 9.97. The van der Waals surface area contributed by atoms with Gasteiger partial charge in [0.15, 0.2) is 0 Å². The molecule has 2 rings (SSSR count). The van der Waals surface area contributed by atoms with Crippen LogP contribution in [0.4, 0.5) is 0 Å². The lowest BCUT2D eigenvalue weighted by Crippen LogP contribution is -2.46. The predicted molar refractivity (Wildman–Crippen MR) is 82.6 cm³/mol. The number of halogens is 1. The van der Waals surface area contributed by atoms with Gasteiger partial charge in [-0.2, -0.15) is 0 Å². The number of nitrogens with two attached hydrogens (primary N) is 1. The van der Waals surface area contributed by atoms with Gasteiger partial charge in [0.2, 0.25) is 5.91 Å². The number of amides is 1. The molecule has 0 bridgehead atoms. The highest BCUT2D eigenvalue weighted by molar-refractivity contribution is 6.30. The largest absolute Gasteiger partial charge is 0.334 e. The average molecular weight is 295 g/mol. The molecule has 3 nitrogen and oxygen atoms in total. The molecule has 1 aliphatic heterocycles. The molecule has 0 spiro atoms. The molecule has 20 heavy (non-hydrogen) atoms. The van der Waals surface area contributed by atoms with Crippen molar-refractivity contribution in [3.63, 3.8) is 0 Å². The van der Waals surface area contributed by atoms with Gasteiger partial charge in [-0.15, -0.1) is 0 Å². The van der Waals surface area contributed by atoms with Crippen molar-refractivity contribution in [1.82, 2.24) is 4.90 Å². The monoisotopic (exact) mass is 294 g/mol. The summed E-state index contributed by atoms with van der Waals surface area (Å²) in [6.45, 7) is 4.89. The standard InChI is InChI=1S/C16H23ClN2O/c1-3-11(2)15(18)16(20)19-9-5-8-14(19)12-6-4-7-13(17)10-12/h4,6-7,10-11,14-15H,3,5,8-9,18H2,1-2H3/t11-,14?,15-/m0/s1. The molecule has 1 aromatic rings. The van der Waals surface area contributed by atoms with Crippen molar-refractivity contribution in [1.29, 1.82) is 0 Å². The lowest BCUT2D eigenvalue weighted by molar-refractivity contribution is -0.134. The minimum atomic E-state index is -0.403. The van der Waals surface area contributed by atoms with E-state index in [-0.39, 0.29) is 17.9 Å². The number of hydrogen-bond donors (Lipinski definition) is 1. The molecule has 1 heterocycles. The van der Waals surface area contributed by atoms with Crippen molar-refractivity contribution < 1.29 is 4.79 Å². The van der Waals surface area contributed by atoms with Gasteiger partial charge in [-0.1, -0.05) is 44.0 Å². The van der Waals surface area contributed by atoms with Gasteiger partial charge in [0, 0.05) is 11.6 Å². The number of hydrogen-bond acceptors (Lipinski definition) is 2. The fourth-order valence-electron chi connectivity index (χ4n) is 2.78. The smallest absolute Gasteiger partial charge is 0.240 e. The maximum atomic E-state index is 12.6. The van der Waals surface area contributed by atoms with Crippen molar-refractivity contribution >= 4 is 17.5 Å². The molecule has 4 heteroatoms. The molecule has 110 valence electrons. The van der Waals surface area contributed by atoms with Crippen molar-refractivity contribution in [2.24, 2.45) is 11.7 Å². The molecule has 1 amide bonds. The van der Waals surface area contributed by atoms with E-state index in [0.717, 1.165) is 31.4 Å². The van der Waals surface area contributed by atoms with Crippen LogP contribution in [0.1, 0.15) is 44.7 Å². The zero-order chi connectivity index (χ0) is 14.7. The number of nitrogens with zero attached hydrogens (tertiary/aromatic N) is 1.